The number of carbonyl (C=O) groups is 2. The van der Waals surface area contributed by atoms with Crippen molar-refractivity contribution in [3.63, 3.8) is 0 Å². The van der Waals surface area contributed by atoms with E-state index in [1.54, 1.807) is 0 Å². The molecule has 2 saturated heterocycles. The molecule has 0 unspecified atom stereocenters. The molecule has 4 rings (SSSR count). The SMILES string of the molecule is CN1C[C@H]2COC[C@@H]1CN(C(=O)CC1=C(c3ccccc3)CCC1=O)C2. The van der Waals surface area contributed by atoms with E-state index in [1.807, 2.05) is 35.2 Å². The summed E-state index contributed by atoms with van der Waals surface area (Å²) in [5, 5.41) is 0. The van der Waals surface area contributed by atoms with Crippen molar-refractivity contribution in [2.75, 3.05) is 39.9 Å². The number of allylic oxidation sites excluding steroid dienone is 1. The van der Waals surface area contributed by atoms with Crippen molar-refractivity contribution in [1.82, 2.24) is 9.80 Å². The topological polar surface area (TPSA) is 49.9 Å². The molecule has 0 N–H and O–H groups in total. The van der Waals surface area contributed by atoms with Gasteiger partial charge in [0, 0.05) is 37.5 Å². The highest BCUT2D eigenvalue weighted by atomic mass is 16.5. The maximum atomic E-state index is 13.0. The first-order chi connectivity index (χ1) is 12.6. The van der Waals surface area contributed by atoms with Gasteiger partial charge >= 0.3 is 0 Å². The Labute approximate surface area is 154 Å². The summed E-state index contributed by atoms with van der Waals surface area (Å²) in [6.07, 6.45) is 1.50. The van der Waals surface area contributed by atoms with Gasteiger partial charge in [-0.05, 0) is 24.6 Å². The van der Waals surface area contributed by atoms with Crippen LogP contribution < -0.4 is 0 Å². The third-order valence-electron chi connectivity index (χ3n) is 5.85. The van der Waals surface area contributed by atoms with Crippen LogP contribution in [-0.2, 0) is 14.3 Å². The highest BCUT2D eigenvalue weighted by Gasteiger charge is 2.34. The van der Waals surface area contributed by atoms with Crippen LogP contribution >= 0.6 is 0 Å². The molecule has 0 radical (unpaired) electrons. The summed E-state index contributed by atoms with van der Waals surface area (Å²) < 4.78 is 5.74. The minimum absolute atomic E-state index is 0.0795. The van der Waals surface area contributed by atoms with Crippen molar-refractivity contribution in [1.29, 1.82) is 0 Å². The average Bonchev–Trinajstić information content (AvgIpc) is 2.79. The van der Waals surface area contributed by atoms with Gasteiger partial charge in [-0.15, -0.1) is 0 Å². The van der Waals surface area contributed by atoms with Crippen LogP contribution in [0.4, 0.5) is 0 Å². The lowest BCUT2D eigenvalue weighted by Gasteiger charge is -2.30. The first-order valence-electron chi connectivity index (χ1n) is 9.48. The van der Waals surface area contributed by atoms with E-state index in [0.717, 1.165) is 36.2 Å². The van der Waals surface area contributed by atoms with E-state index in [0.29, 0.717) is 32.1 Å². The van der Waals surface area contributed by atoms with E-state index < -0.39 is 0 Å². The van der Waals surface area contributed by atoms with Crippen molar-refractivity contribution in [3.05, 3.63) is 41.5 Å². The zero-order valence-corrected chi connectivity index (χ0v) is 15.3. The molecule has 1 aliphatic carbocycles. The molecule has 138 valence electrons. The monoisotopic (exact) mass is 354 g/mol. The van der Waals surface area contributed by atoms with E-state index in [1.165, 1.54) is 0 Å². The summed E-state index contributed by atoms with van der Waals surface area (Å²) in [6.45, 7) is 3.76. The number of fused-ring (bicyclic) bond motifs is 3. The average molecular weight is 354 g/mol. The summed E-state index contributed by atoms with van der Waals surface area (Å²) in [6, 6.07) is 10.2. The molecular weight excluding hydrogens is 328 g/mol. The molecule has 1 aromatic rings. The van der Waals surface area contributed by atoms with Gasteiger partial charge in [-0.3, -0.25) is 14.5 Å². The number of amides is 1. The van der Waals surface area contributed by atoms with Crippen molar-refractivity contribution in [2.24, 2.45) is 5.92 Å². The molecule has 5 nitrogen and oxygen atoms in total. The molecule has 0 saturated carbocycles. The predicted molar refractivity (Wildman–Crippen MR) is 99.5 cm³/mol. The van der Waals surface area contributed by atoms with Crippen LogP contribution in [0.15, 0.2) is 35.9 Å². The molecule has 2 aliphatic heterocycles. The highest BCUT2D eigenvalue weighted by Crippen LogP contribution is 2.34. The molecule has 5 heteroatoms. The third-order valence-corrected chi connectivity index (χ3v) is 5.85. The van der Waals surface area contributed by atoms with Crippen LogP contribution in [0.25, 0.3) is 5.57 Å². The largest absolute Gasteiger partial charge is 0.379 e. The van der Waals surface area contributed by atoms with E-state index >= 15 is 0 Å². The lowest BCUT2D eigenvalue weighted by molar-refractivity contribution is -0.133. The van der Waals surface area contributed by atoms with E-state index in [-0.39, 0.29) is 24.2 Å². The molecule has 2 heterocycles. The van der Waals surface area contributed by atoms with Crippen LogP contribution in [0.5, 0.6) is 0 Å². The lowest BCUT2D eigenvalue weighted by atomic mass is 9.99. The van der Waals surface area contributed by atoms with Crippen LogP contribution in [0, 0.1) is 5.92 Å². The van der Waals surface area contributed by atoms with E-state index in [4.69, 9.17) is 4.74 Å². The predicted octanol–water partition coefficient (Wildman–Crippen LogP) is 1.98. The van der Waals surface area contributed by atoms with Crippen LogP contribution in [0.3, 0.4) is 0 Å². The van der Waals surface area contributed by atoms with Crippen LogP contribution in [0.2, 0.25) is 0 Å². The molecule has 0 aromatic heterocycles. The van der Waals surface area contributed by atoms with Gasteiger partial charge in [0.1, 0.15) is 0 Å². The van der Waals surface area contributed by atoms with Gasteiger partial charge in [0.25, 0.3) is 0 Å². The van der Waals surface area contributed by atoms with E-state index in [9.17, 15) is 9.59 Å². The van der Waals surface area contributed by atoms with Gasteiger partial charge in [0.2, 0.25) is 5.91 Å². The Balaban J connectivity index is 1.54. The summed E-state index contributed by atoms with van der Waals surface area (Å²) in [5.41, 5.74) is 2.85. The number of benzene rings is 1. The zero-order valence-electron chi connectivity index (χ0n) is 15.3. The molecule has 2 atom stereocenters. The number of carbonyl (C=O) groups excluding carboxylic acids is 2. The fourth-order valence-electron chi connectivity index (χ4n) is 4.39. The number of ether oxygens (including phenoxy) is 1. The number of hydrogen-bond donors (Lipinski definition) is 0. The summed E-state index contributed by atoms with van der Waals surface area (Å²) in [7, 11) is 2.11. The fraction of sp³-hybridized carbons (Fsp3) is 0.524. The first-order valence-corrected chi connectivity index (χ1v) is 9.48. The first kappa shape index (κ1) is 17.4. The summed E-state index contributed by atoms with van der Waals surface area (Å²) >= 11 is 0. The quantitative estimate of drug-likeness (QED) is 0.833. The van der Waals surface area contributed by atoms with Gasteiger partial charge in [-0.25, -0.2) is 0 Å². The van der Waals surface area contributed by atoms with Gasteiger partial charge < -0.3 is 9.64 Å². The molecule has 1 amide bonds. The summed E-state index contributed by atoms with van der Waals surface area (Å²) in [4.78, 5) is 29.7. The third kappa shape index (κ3) is 3.46. The maximum Gasteiger partial charge on any atom is 0.227 e. The van der Waals surface area contributed by atoms with Crippen LogP contribution in [0.1, 0.15) is 24.8 Å². The Hall–Kier alpha value is -1.98. The second kappa shape index (κ2) is 7.33. The Bertz CT molecular complexity index is 728. The van der Waals surface area contributed by atoms with Crippen LogP contribution in [-0.4, -0.2) is 67.4 Å². The normalized spacial score (nSPS) is 27.0. The fourth-order valence-corrected chi connectivity index (χ4v) is 4.39. The molecular formula is C21H26N2O3. The number of likely N-dealkylation sites (N-methyl/N-ethyl adjacent to an activating group) is 1. The molecule has 26 heavy (non-hydrogen) atoms. The Morgan fingerprint density at radius 2 is 1.92 bits per heavy atom. The number of nitrogens with zero attached hydrogens (tertiary/aromatic N) is 2. The minimum Gasteiger partial charge on any atom is -0.379 e. The zero-order chi connectivity index (χ0) is 18.1. The number of rotatable bonds is 3. The molecule has 2 bridgehead atoms. The maximum absolute atomic E-state index is 13.0. The minimum atomic E-state index is 0.0795. The number of Topliss-reactive ketones (excluding diaryl/α,β-unsaturated/α-hetero) is 1. The van der Waals surface area contributed by atoms with Gasteiger partial charge in [0.05, 0.1) is 25.7 Å². The molecule has 3 aliphatic rings. The van der Waals surface area contributed by atoms with Crippen molar-refractivity contribution in [2.45, 2.75) is 25.3 Å². The standard InChI is InChI=1S/C21H26N2O3/c1-22-10-15-11-23(12-17(22)14-26-13-15)21(25)9-19-18(7-8-20(19)24)16-5-3-2-4-6-16/h2-6,15,17H,7-14H2,1H3/t15-,17+/m1/s1. The number of ketones is 1. The molecule has 0 spiro atoms. The Morgan fingerprint density at radius 3 is 2.73 bits per heavy atom. The summed E-state index contributed by atoms with van der Waals surface area (Å²) in [5.74, 6) is 0.557. The lowest BCUT2D eigenvalue weighted by Crippen LogP contribution is -2.44. The van der Waals surface area contributed by atoms with Gasteiger partial charge in [-0.1, -0.05) is 30.3 Å². The van der Waals surface area contributed by atoms with Gasteiger partial charge in [0.15, 0.2) is 5.78 Å². The molecule has 1 aromatic carbocycles. The Morgan fingerprint density at radius 1 is 1.12 bits per heavy atom. The smallest absolute Gasteiger partial charge is 0.227 e. The Kier molecular flexibility index (Phi) is 4.92. The molecule has 2 fully saturated rings. The highest BCUT2D eigenvalue weighted by molar-refractivity contribution is 6.10. The van der Waals surface area contributed by atoms with Crippen molar-refractivity contribution in [3.8, 4) is 0 Å². The van der Waals surface area contributed by atoms with Crippen molar-refractivity contribution >= 4 is 17.3 Å². The van der Waals surface area contributed by atoms with E-state index in [2.05, 4.69) is 11.9 Å². The second-order valence-corrected chi connectivity index (χ2v) is 7.72. The number of hydrogen-bond acceptors (Lipinski definition) is 4. The van der Waals surface area contributed by atoms with Gasteiger partial charge in [-0.2, -0.15) is 0 Å². The van der Waals surface area contributed by atoms with Crippen molar-refractivity contribution < 1.29 is 14.3 Å². The second-order valence-electron chi connectivity index (χ2n) is 7.72.